The summed E-state index contributed by atoms with van der Waals surface area (Å²) in [7, 11) is -6.50. The first-order valence-electron chi connectivity index (χ1n) is 28.5. The van der Waals surface area contributed by atoms with Crippen molar-refractivity contribution >= 4 is 116 Å². The van der Waals surface area contributed by atoms with Gasteiger partial charge in [-0.15, -0.1) is 18.0 Å². The SMILES string of the molecule is C#CC(C)Oc1cc(N2C(=O)C3=C(CCCC3)C2=O)c(F)cc1Cl.CC1COc2ccccc2N1C(=O)C(Cl)Cl.CCc1cccc(C)c1N(C(=O)CCl)C(C)COC.CS(=O)(=O)c1cc(C(F)(F)F)ccc1C(=O)c1cnoc1C1CC1.O=C(O)CNCP(=O)(O)O. The van der Waals surface area contributed by atoms with Crippen molar-refractivity contribution < 1.29 is 92.9 Å². The zero-order valence-corrected chi connectivity index (χ0v) is 56.0. The van der Waals surface area contributed by atoms with Gasteiger partial charge in [0.05, 0.1) is 75.8 Å². The lowest BCUT2D eigenvalue weighted by Gasteiger charge is -2.35. The van der Waals surface area contributed by atoms with Crippen molar-refractivity contribution in [2.24, 2.45) is 0 Å². The van der Waals surface area contributed by atoms with E-state index in [0.29, 0.717) is 60.8 Å². The summed E-state index contributed by atoms with van der Waals surface area (Å²) in [6, 6.07) is 17.6. The Morgan fingerprint density at radius 2 is 1.60 bits per heavy atom. The number of methoxy groups -OCH3 is 1. The van der Waals surface area contributed by atoms with Gasteiger partial charge in [0, 0.05) is 42.1 Å². The third-order valence-electron chi connectivity index (χ3n) is 14.2. The Morgan fingerprint density at radius 1 is 0.968 bits per heavy atom. The molecule has 1 aromatic heterocycles. The van der Waals surface area contributed by atoms with E-state index in [0.717, 1.165) is 77.9 Å². The molecule has 3 atom stereocenters. The van der Waals surface area contributed by atoms with Gasteiger partial charge in [-0.05, 0) is 120 Å². The van der Waals surface area contributed by atoms with E-state index in [4.69, 9.17) is 86.5 Å². The number of hydrogen-bond acceptors (Lipinski definition) is 15. The van der Waals surface area contributed by atoms with Gasteiger partial charge in [0.1, 0.15) is 29.8 Å². The highest BCUT2D eigenvalue weighted by atomic mass is 35.5. The summed E-state index contributed by atoms with van der Waals surface area (Å²) in [5.41, 5.74) is 3.37. The van der Waals surface area contributed by atoms with Crippen LogP contribution in [0, 0.1) is 25.1 Å². The number of ketones is 1. The summed E-state index contributed by atoms with van der Waals surface area (Å²) in [5.74, 6) is -0.403. The number of nitrogens with zero attached hydrogens (tertiary/aromatic N) is 4. The Bertz CT molecular complexity index is 3770. The smallest absolute Gasteiger partial charge is 0.416 e. The van der Waals surface area contributed by atoms with Crippen LogP contribution in [0.25, 0.3) is 0 Å². The lowest BCUT2D eigenvalue weighted by molar-refractivity contribution is -0.138. The molecule has 2 aliphatic heterocycles. The second-order valence-corrected chi connectivity index (χ2v) is 26.8. The van der Waals surface area contributed by atoms with Crippen LogP contribution in [0.2, 0.25) is 5.02 Å². The van der Waals surface area contributed by atoms with Gasteiger partial charge in [0.25, 0.3) is 17.7 Å². The number of sulfone groups is 1. The van der Waals surface area contributed by atoms with E-state index in [1.165, 1.54) is 12.3 Å². The number of amides is 4. The van der Waals surface area contributed by atoms with Crippen LogP contribution in [-0.2, 0) is 55.7 Å². The molecule has 4 aliphatic rings. The van der Waals surface area contributed by atoms with Crippen molar-refractivity contribution in [2.45, 2.75) is 120 Å². The highest BCUT2D eigenvalue weighted by molar-refractivity contribution is 7.90. The van der Waals surface area contributed by atoms with Gasteiger partial charge in [-0.3, -0.25) is 38.6 Å². The molecule has 9 rings (SSSR count). The Kier molecular flexibility index (Phi) is 28.1. The number of para-hydroxylation sites is 3. The fraction of sp³-hybridized carbons (Fsp3) is 0.403. The monoisotopic (exact) mass is 1420 g/mol. The van der Waals surface area contributed by atoms with Crippen LogP contribution in [0.5, 0.6) is 11.5 Å². The molecular weight excluding hydrogens is 1350 g/mol. The molecule has 1 fully saturated rings. The van der Waals surface area contributed by atoms with Crippen molar-refractivity contribution in [3.63, 3.8) is 0 Å². The number of imide groups is 1. The van der Waals surface area contributed by atoms with Gasteiger partial charge in [0.15, 0.2) is 32.3 Å². The number of aromatic nitrogens is 1. The summed E-state index contributed by atoms with van der Waals surface area (Å²) in [6.45, 7) is 10.1. The highest BCUT2D eigenvalue weighted by Gasteiger charge is 2.42. The van der Waals surface area contributed by atoms with Crippen molar-refractivity contribution in [3.05, 3.63) is 135 Å². The first-order chi connectivity index (χ1) is 43.6. The molecule has 3 heterocycles. The Balaban J connectivity index is 0.000000217. The molecule has 1 saturated carbocycles. The molecule has 0 bridgehead atoms. The van der Waals surface area contributed by atoms with Crippen LogP contribution in [0.15, 0.2) is 99.6 Å². The molecule has 21 nitrogen and oxygen atoms in total. The van der Waals surface area contributed by atoms with Crippen molar-refractivity contribution in [2.75, 3.05) is 60.0 Å². The fourth-order valence-corrected chi connectivity index (χ4v) is 11.6. The van der Waals surface area contributed by atoms with Gasteiger partial charge in [-0.2, -0.15) is 13.2 Å². The molecule has 31 heteroatoms. The first kappa shape index (κ1) is 76.8. The largest absolute Gasteiger partial charge is 0.489 e. The van der Waals surface area contributed by atoms with Gasteiger partial charge in [0.2, 0.25) is 5.91 Å². The fourth-order valence-electron chi connectivity index (χ4n) is 9.73. The molecule has 4 aromatic carbocycles. The molecule has 0 spiro atoms. The molecule has 5 aromatic rings. The standard InChI is InChI=1S/C18H15ClFNO3.C15H22ClNO2.C15H12F3NO4S.C11H11Cl2NO2.C3H8NO5P/c1-3-10(2)24-16-9-15(14(20)8-13(16)19)21-17(22)11-6-4-5-7-12(11)18(21)23;1-5-13-8-6-7-11(2)15(13)17(14(18)9-16)12(3)10-19-4;1-24(21,22)12-6-9(15(16,17)18)4-5-10(12)13(20)11-7-19-23-14(11)8-2-3-8;1-7-6-16-9-5-3-2-4-8(9)14(7)11(15)10(12)13;5-3(6)1-4-2-10(7,8)9/h1,8-10H,4-7H2,2H3;6-8,12H,5,9-10H2,1-4H3;4-8H,2-3H2,1H3;2-5,7,10H,6H2,1H3;4H,1-2H2,(H,5,6)(H2,7,8,9). The first-order valence-corrected chi connectivity index (χ1v) is 34.0. The summed E-state index contributed by atoms with van der Waals surface area (Å²) < 4.78 is 108. The number of rotatable bonds is 18. The van der Waals surface area contributed by atoms with E-state index in [1.807, 2.05) is 57.2 Å². The topological polar surface area (TPSA) is 290 Å². The number of nitrogens with one attached hydrogen (secondary N) is 1. The van der Waals surface area contributed by atoms with Crippen LogP contribution >= 0.6 is 54.0 Å². The number of carboxylic acid groups (broad SMARTS) is 1. The zero-order valence-electron chi connectivity index (χ0n) is 51.3. The van der Waals surface area contributed by atoms with Gasteiger partial charge in [-0.25, -0.2) is 17.7 Å². The third-order valence-corrected chi connectivity index (χ3v) is 16.8. The van der Waals surface area contributed by atoms with Gasteiger partial charge < -0.3 is 43.4 Å². The van der Waals surface area contributed by atoms with E-state index in [2.05, 4.69) is 29.4 Å². The maximum absolute atomic E-state index is 14.4. The third kappa shape index (κ3) is 20.8. The molecule has 93 heavy (non-hydrogen) atoms. The minimum absolute atomic E-state index is 0.0223. The van der Waals surface area contributed by atoms with Crippen molar-refractivity contribution in [3.8, 4) is 23.8 Å². The number of aryl methyl sites for hydroxylation is 2. The summed E-state index contributed by atoms with van der Waals surface area (Å²) in [6.07, 6.45) is 6.61. The van der Waals surface area contributed by atoms with Crippen LogP contribution in [0.4, 0.5) is 34.6 Å². The number of halogens is 8. The molecule has 504 valence electrons. The molecular formula is C62H68Cl4F4N5O16PS. The lowest BCUT2D eigenvalue weighted by Crippen LogP contribution is -2.47. The number of benzene rings is 4. The van der Waals surface area contributed by atoms with E-state index in [9.17, 15) is 59.3 Å². The number of anilines is 3. The van der Waals surface area contributed by atoms with Crippen molar-refractivity contribution in [1.82, 2.24) is 10.5 Å². The Morgan fingerprint density at radius 3 is 2.14 bits per heavy atom. The van der Waals surface area contributed by atoms with Gasteiger partial charge >= 0.3 is 19.7 Å². The number of fused-ring (bicyclic) bond motifs is 1. The van der Waals surface area contributed by atoms with Crippen LogP contribution < -0.4 is 29.5 Å². The summed E-state index contributed by atoms with van der Waals surface area (Å²) in [4.78, 5) is 90.5. The number of hydrogen-bond donors (Lipinski definition) is 4. The van der Waals surface area contributed by atoms with Crippen molar-refractivity contribution in [1.29, 1.82) is 0 Å². The average molecular weight is 1420 g/mol. The molecule has 0 radical (unpaired) electrons. The predicted molar refractivity (Wildman–Crippen MR) is 342 cm³/mol. The number of aliphatic carboxylic acids is 1. The second-order valence-electron chi connectivity index (χ2n) is 21.4. The number of alkyl halides is 6. The molecule has 4 amide bonds. The molecule has 0 saturated heterocycles. The lowest BCUT2D eigenvalue weighted by atomic mass is 9.93. The minimum Gasteiger partial charge on any atom is -0.489 e. The summed E-state index contributed by atoms with van der Waals surface area (Å²) in [5, 5.41) is 13.6. The normalized spacial score (nSPS) is 15.8. The maximum Gasteiger partial charge on any atom is 0.416 e. The quantitative estimate of drug-likeness (QED) is 0.0158. The van der Waals surface area contributed by atoms with Crippen LogP contribution in [0.3, 0.4) is 0 Å². The maximum atomic E-state index is 14.4. The number of carbonyl (C=O) groups excluding carboxylic acids is 5. The van der Waals surface area contributed by atoms with E-state index < -0.39 is 87.2 Å². The number of carboxylic acids is 1. The summed E-state index contributed by atoms with van der Waals surface area (Å²) >= 11 is 23.0. The number of terminal acetylenes is 1. The van der Waals surface area contributed by atoms with Crippen LogP contribution in [-0.4, -0.2) is 132 Å². The Labute approximate surface area is 554 Å². The molecule has 3 unspecified atom stereocenters. The Hall–Kier alpha value is -6.89. The van der Waals surface area contributed by atoms with E-state index in [-0.39, 0.29) is 63.3 Å². The minimum atomic E-state index is -4.71. The highest BCUT2D eigenvalue weighted by Crippen LogP contribution is 2.44. The average Bonchev–Trinajstić information content (AvgIpc) is 1.70. The predicted octanol–water partition coefficient (Wildman–Crippen LogP) is 11.4. The van der Waals surface area contributed by atoms with E-state index in [1.54, 1.807) is 23.8 Å². The molecule has 4 N–H and O–H groups in total. The second kappa shape index (κ2) is 34.0. The van der Waals surface area contributed by atoms with E-state index >= 15 is 0 Å². The zero-order chi connectivity index (χ0) is 69.4. The van der Waals surface area contributed by atoms with Crippen LogP contribution in [0.1, 0.15) is 111 Å². The van der Waals surface area contributed by atoms with Gasteiger partial charge in [-0.1, -0.05) is 83.1 Å². The number of ether oxygens (including phenoxy) is 3. The molecule has 2 aliphatic carbocycles. The number of carbonyl (C=O) groups is 6.